The van der Waals surface area contributed by atoms with E-state index in [1.54, 1.807) is 0 Å². The number of hydrogen-bond donors (Lipinski definition) is 25. The van der Waals surface area contributed by atoms with Gasteiger partial charge in [-0.15, -0.1) is 0 Å². The number of guanidine groups is 6. The Balaban J connectivity index is 7.41. The van der Waals surface area contributed by atoms with Gasteiger partial charge in [0, 0.05) is 45.7 Å². The van der Waals surface area contributed by atoms with E-state index in [9.17, 15) is 53.1 Å². The predicted molar refractivity (Wildman–Crippen MR) is 355 cm³/mol. The summed E-state index contributed by atoms with van der Waals surface area (Å²) >= 11 is 0. The van der Waals surface area contributed by atoms with Gasteiger partial charge in [0.05, 0.1) is 6.04 Å². The molecule has 0 aromatic rings. The first-order chi connectivity index (χ1) is 44.4. The highest BCUT2D eigenvalue weighted by molar-refractivity contribution is 5.98. The zero-order chi connectivity index (χ0) is 71.1. The van der Waals surface area contributed by atoms with E-state index in [-0.39, 0.29) is 184 Å². The molecule has 9 amide bonds. The van der Waals surface area contributed by atoms with Crippen LogP contribution in [0.2, 0.25) is 0 Å². The topological polar surface area (TPSA) is 778 Å². The van der Waals surface area contributed by atoms with E-state index >= 15 is 0 Å². The second-order valence-electron chi connectivity index (χ2n) is 21.7. The van der Waals surface area contributed by atoms with Crippen LogP contribution < -0.4 is 134 Å². The third-order valence-electron chi connectivity index (χ3n) is 13.6. The van der Waals surface area contributed by atoms with Crippen LogP contribution in [0.1, 0.15) is 128 Å². The second kappa shape index (κ2) is 48.9. The van der Waals surface area contributed by atoms with Gasteiger partial charge >= 0.3 is 5.97 Å². The van der Waals surface area contributed by atoms with Gasteiger partial charge in [0.25, 0.3) is 0 Å². The average Bonchev–Trinajstić information content (AvgIpc) is 0.953. The predicted octanol–water partition coefficient (Wildman–Crippen LogP) is -10.9. The van der Waals surface area contributed by atoms with E-state index in [4.69, 9.17) is 91.7 Å². The number of carboxylic acids is 1. The van der Waals surface area contributed by atoms with Crippen LogP contribution in [0, 0.1) is 0 Å². The SMILES string of the molecule is NCCCC[C@H](NC(=O)[C@H](CCCN=C(N)N)NC(=O)[C@H](CCCN=C(N)N)NC(=O)[C@H](CCC(N)=O)NC(=O)[C@H](CCCCN)NC(=O)[C@H](CCCN=C(N)N)NC(=O)[C@@H](N)CCCN=C(N)N)C(=O)N[C@@H](CCCN=C(N)N)C(=O)N[C@@H](CCCN=C(N)N)C(=O)O. The summed E-state index contributed by atoms with van der Waals surface area (Å²) in [5.41, 5.74) is 89.0. The minimum atomic E-state index is -1.64. The Labute approximate surface area is 545 Å². The first-order valence-electron chi connectivity index (χ1n) is 30.8. The Hall–Kier alpha value is -9.80. The standard InChI is InChI=1S/C53H106N30O11/c54-21-3-1-12-30(40(86)80-35(17-9-27-74-52(66)67)45(91)83-37(47(93)94)18-10-28-75-53(68)69)78-43(89)33(15-7-25-72-50(62)63)79-44(90)34(16-8-26-73-51(64)65)81-46(92)36(19-20-38(57)84)82-41(87)31(13-2-4-22-55)77-42(88)32(14-6-24-71-49(60)61)76-39(85)29(56)11-5-23-70-48(58)59/h29-37H,1-28,54-56H2,(H2,57,84)(H,76,85)(H,77,88)(H,78,89)(H,79,90)(H,80,86)(H,81,92)(H,82,87)(H,83,91)(H,93,94)(H4,58,59,70)(H4,60,61,71)(H4,62,63,72)(H4,64,65,73)(H4,66,67,74)(H4,68,69,75)/t29-,30-,31-,32-,33-,34-,35-,36-,37-/m0/s1. The number of nitrogens with two attached hydrogens (primary N) is 16. The van der Waals surface area contributed by atoms with Crippen molar-refractivity contribution in [3.63, 3.8) is 0 Å². The molecule has 534 valence electrons. The summed E-state index contributed by atoms with van der Waals surface area (Å²) in [6, 6.07) is -12.8. The van der Waals surface area contributed by atoms with Crippen LogP contribution >= 0.6 is 0 Å². The van der Waals surface area contributed by atoms with E-state index in [1.165, 1.54) is 0 Å². The minimum Gasteiger partial charge on any atom is -0.480 e. The van der Waals surface area contributed by atoms with Crippen LogP contribution in [-0.2, 0) is 47.9 Å². The molecule has 0 aromatic carbocycles. The maximum atomic E-state index is 14.6. The van der Waals surface area contributed by atoms with Gasteiger partial charge in [0.2, 0.25) is 53.2 Å². The Morgan fingerprint density at radius 3 is 0.702 bits per heavy atom. The molecule has 0 fully saturated rings. The molecule has 41 nitrogen and oxygen atoms in total. The molecule has 41 heteroatoms. The van der Waals surface area contributed by atoms with E-state index in [0.717, 1.165) is 0 Å². The fourth-order valence-electron chi connectivity index (χ4n) is 8.76. The summed E-state index contributed by atoms with van der Waals surface area (Å²) < 4.78 is 0. The summed E-state index contributed by atoms with van der Waals surface area (Å²) in [7, 11) is 0. The highest BCUT2D eigenvalue weighted by Gasteiger charge is 2.35. The van der Waals surface area contributed by atoms with Crippen molar-refractivity contribution in [2.75, 3.05) is 52.4 Å². The highest BCUT2D eigenvalue weighted by atomic mass is 16.4. The van der Waals surface area contributed by atoms with Crippen molar-refractivity contribution in [3.05, 3.63) is 0 Å². The molecule has 94 heavy (non-hydrogen) atoms. The lowest BCUT2D eigenvalue weighted by atomic mass is 10.0. The van der Waals surface area contributed by atoms with Gasteiger partial charge in [-0.05, 0) is 135 Å². The molecule has 0 aromatic heterocycles. The number of unbranched alkanes of at least 4 members (excludes halogenated alkanes) is 2. The molecular weight excluding hydrogens is 1230 g/mol. The number of aliphatic carboxylic acids is 1. The molecule has 41 N–H and O–H groups in total. The molecule has 0 saturated heterocycles. The van der Waals surface area contributed by atoms with Crippen molar-refractivity contribution in [3.8, 4) is 0 Å². The summed E-state index contributed by atoms with van der Waals surface area (Å²) in [4.78, 5) is 162. The van der Waals surface area contributed by atoms with Gasteiger partial charge in [-0.3, -0.25) is 73.1 Å². The van der Waals surface area contributed by atoms with Crippen molar-refractivity contribution in [2.45, 2.75) is 183 Å². The number of rotatable bonds is 52. The molecule has 0 radical (unpaired) electrons. The van der Waals surface area contributed by atoms with Crippen LogP contribution in [0.15, 0.2) is 30.0 Å². The lowest BCUT2D eigenvalue weighted by molar-refractivity contribution is -0.142. The maximum Gasteiger partial charge on any atom is 0.326 e. The van der Waals surface area contributed by atoms with E-state index in [0.29, 0.717) is 19.3 Å². The Morgan fingerprint density at radius 2 is 0.479 bits per heavy atom. The molecule has 0 unspecified atom stereocenters. The van der Waals surface area contributed by atoms with Crippen LogP contribution in [-0.4, -0.2) is 207 Å². The molecular formula is C53H106N30O11. The smallest absolute Gasteiger partial charge is 0.326 e. The number of carboxylic acid groups (broad SMARTS) is 1. The molecule has 0 rings (SSSR count). The van der Waals surface area contributed by atoms with E-state index in [2.05, 4.69) is 72.5 Å². The number of hydrogen-bond acceptors (Lipinski definition) is 19. The third-order valence-corrected chi connectivity index (χ3v) is 13.6. The molecule has 0 bridgehead atoms. The fourth-order valence-corrected chi connectivity index (χ4v) is 8.76. The molecule has 0 saturated carbocycles. The van der Waals surface area contributed by atoms with Crippen molar-refractivity contribution in [2.24, 2.45) is 122 Å². The monoisotopic (exact) mass is 1340 g/mol. The molecule has 0 heterocycles. The third kappa shape index (κ3) is 40.8. The van der Waals surface area contributed by atoms with E-state index in [1.807, 2.05) is 0 Å². The van der Waals surface area contributed by atoms with Gasteiger partial charge < -0.3 is 139 Å². The first-order valence-corrected chi connectivity index (χ1v) is 30.8. The summed E-state index contributed by atoms with van der Waals surface area (Å²) in [5, 5.41) is 30.7. The van der Waals surface area contributed by atoms with Gasteiger partial charge in [-0.2, -0.15) is 0 Å². The van der Waals surface area contributed by atoms with Crippen molar-refractivity contribution in [1.82, 2.24) is 42.5 Å². The van der Waals surface area contributed by atoms with Crippen LogP contribution in [0.3, 0.4) is 0 Å². The van der Waals surface area contributed by atoms with Crippen molar-refractivity contribution < 1.29 is 53.1 Å². The number of carbonyl (C=O) groups is 10. The van der Waals surface area contributed by atoms with Gasteiger partial charge in [0.15, 0.2) is 35.8 Å². The van der Waals surface area contributed by atoms with E-state index < -0.39 is 126 Å². The quantitative estimate of drug-likeness (QED) is 0.0153. The second-order valence-corrected chi connectivity index (χ2v) is 21.7. The molecule has 0 spiro atoms. The number of nitrogens with zero attached hydrogens (tertiary/aromatic N) is 6. The number of amides is 9. The number of nitrogens with one attached hydrogen (secondary N) is 8. The number of primary amides is 1. The number of carbonyl (C=O) groups excluding carboxylic acids is 9. The average molecular weight is 1340 g/mol. The summed E-state index contributed by atoms with van der Waals surface area (Å²) in [6.45, 7) is 0.546. The summed E-state index contributed by atoms with van der Waals surface area (Å²) in [6.07, 6.45) is 0.486. The van der Waals surface area contributed by atoms with Crippen LogP contribution in [0.4, 0.5) is 0 Å². The Morgan fingerprint density at radius 1 is 0.277 bits per heavy atom. The largest absolute Gasteiger partial charge is 0.480 e. The van der Waals surface area contributed by atoms with Crippen LogP contribution in [0.5, 0.6) is 0 Å². The Kier molecular flexibility index (Phi) is 43.8. The zero-order valence-electron chi connectivity index (χ0n) is 53.4. The normalized spacial score (nSPS) is 13.6. The highest BCUT2D eigenvalue weighted by Crippen LogP contribution is 2.12. The molecule has 0 aliphatic carbocycles. The molecule has 9 atom stereocenters. The van der Waals surface area contributed by atoms with Crippen LogP contribution in [0.25, 0.3) is 0 Å². The number of aliphatic imine (C=N–C) groups is 6. The van der Waals surface area contributed by atoms with Gasteiger partial charge in [-0.25, -0.2) is 4.79 Å². The van der Waals surface area contributed by atoms with Gasteiger partial charge in [0.1, 0.15) is 48.3 Å². The Bertz CT molecular complexity index is 2560. The molecule has 0 aliphatic rings. The summed E-state index contributed by atoms with van der Waals surface area (Å²) in [5.74, 6) is -11.0. The fraction of sp³-hybridized carbons (Fsp3) is 0.698. The van der Waals surface area contributed by atoms with Crippen molar-refractivity contribution >= 4 is 94.9 Å². The zero-order valence-corrected chi connectivity index (χ0v) is 53.4. The lowest BCUT2D eigenvalue weighted by Gasteiger charge is -2.28. The minimum absolute atomic E-state index is 0.00653. The molecule has 0 aliphatic heterocycles. The lowest BCUT2D eigenvalue weighted by Crippen LogP contribution is -2.60. The maximum absolute atomic E-state index is 14.6. The first kappa shape index (κ1) is 84.2. The van der Waals surface area contributed by atoms with Crippen molar-refractivity contribution in [1.29, 1.82) is 0 Å². The van der Waals surface area contributed by atoms with Gasteiger partial charge in [-0.1, -0.05) is 0 Å².